The van der Waals surface area contributed by atoms with Crippen LogP contribution in [0.1, 0.15) is 50.6 Å². The number of hydrogen-bond acceptors (Lipinski definition) is 5. The normalized spacial score (nSPS) is 24.8. The predicted molar refractivity (Wildman–Crippen MR) is 94.1 cm³/mol. The van der Waals surface area contributed by atoms with Crippen LogP contribution in [-0.2, 0) is 11.2 Å². The van der Waals surface area contributed by atoms with Crippen molar-refractivity contribution in [2.45, 2.75) is 57.4 Å². The van der Waals surface area contributed by atoms with Gasteiger partial charge in [0.15, 0.2) is 5.82 Å². The largest absolute Gasteiger partial charge is 0.355 e. The summed E-state index contributed by atoms with van der Waals surface area (Å²) in [6.07, 6.45) is 10.8. The fraction of sp³-hybridized carbons (Fsp3) is 0.737. The molecule has 1 spiro atoms. The molecule has 24 heavy (non-hydrogen) atoms. The summed E-state index contributed by atoms with van der Waals surface area (Å²) in [4.78, 5) is 15.6. The molecule has 1 aromatic rings. The summed E-state index contributed by atoms with van der Waals surface area (Å²) in [7, 11) is 0. The number of nitrogens with zero attached hydrogens (tertiary/aromatic N) is 4. The summed E-state index contributed by atoms with van der Waals surface area (Å²) in [6, 6.07) is 4.85. The van der Waals surface area contributed by atoms with E-state index in [1.165, 1.54) is 58.0 Å². The van der Waals surface area contributed by atoms with Gasteiger partial charge in [-0.2, -0.15) is 5.10 Å². The summed E-state index contributed by atoms with van der Waals surface area (Å²) in [6.45, 7) is 4.80. The van der Waals surface area contributed by atoms with Gasteiger partial charge in [0, 0.05) is 25.6 Å². The summed E-state index contributed by atoms with van der Waals surface area (Å²) in [5.74, 6) is 0.964. The lowest BCUT2D eigenvalue weighted by Gasteiger charge is -2.50. The van der Waals surface area contributed by atoms with Crippen LogP contribution in [0.5, 0.6) is 0 Å². The van der Waals surface area contributed by atoms with Gasteiger partial charge in [-0.15, -0.1) is 5.10 Å². The SMILES string of the molecule is O=CCc1ccc(N2CCC3(CC2)CCN(C2CCC2)CC3)nn1. The summed E-state index contributed by atoms with van der Waals surface area (Å²) >= 11 is 0. The molecule has 5 heteroatoms. The predicted octanol–water partition coefficient (Wildman–Crippen LogP) is 2.45. The van der Waals surface area contributed by atoms with Crippen LogP contribution < -0.4 is 4.90 Å². The number of rotatable bonds is 4. The molecule has 5 nitrogen and oxygen atoms in total. The Bertz CT molecular complexity index is 551. The maximum atomic E-state index is 10.5. The highest BCUT2D eigenvalue weighted by atomic mass is 16.1. The van der Waals surface area contributed by atoms with E-state index in [4.69, 9.17) is 0 Å². The van der Waals surface area contributed by atoms with Gasteiger partial charge in [0.2, 0.25) is 0 Å². The Labute approximate surface area is 144 Å². The third kappa shape index (κ3) is 3.18. The van der Waals surface area contributed by atoms with E-state index in [0.717, 1.165) is 36.9 Å². The van der Waals surface area contributed by atoms with Gasteiger partial charge < -0.3 is 14.6 Å². The van der Waals surface area contributed by atoms with Gasteiger partial charge >= 0.3 is 0 Å². The topological polar surface area (TPSA) is 49.3 Å². The molecule has 2 saturated heterocycles. The van der Waals surface area contributed by atoms with Gasteiger partial charge in [-0.25, -0.2) is 0 Å². The van der Waals surface area contributed by atoms with Crippen molar-refractivity contribution in [2.75, 3.05) is 31.1 Å². The smallest absolute Gasteiger partial charge is 0.151 e. The molecule has 0 bridgehead atoms. The fourth-order valence-corrected chi connectivity index (χ4v) is 4.54. The Balaban J connectivity index is 1.30. The third-order valence-corrected chi connectivity index (χ3v) is 6.60. The van der Waals surface area contributed by atoms with Crippen molar-refractivity contribution in [3.05, 3.63) is 17.8 Å². The first-order chi connectivity index (χ1) is 11.8. The molecule has 3 aliphatic rings. The Morgan fingerprint density at radius 1 is 1.04 bits per heavy atom. The van der Waals surface area contributed by atoms with Crippen LogP contribution in [0, 0.1) is 5.41 Å². The second-order valence-corrected chi connectivity index (χ2v) is 7.86. The number of hydrogen-bond donors (Lipinski definition) is 0. The quantitative estimate of drug-likeness (QED) is 0.795. The molecule has 130 valence electrons. The van der Waals surface area contributed by atoms with Crippen LogP contribution in [0.3, 0.4) is 0 Å². The summed E-state index contributed by atoms with van der Waals surface area (Å²) in [5, 5.41) is 8.48. The van der Waals surface area contributed by atoms with Gasteiger partial charge in [-0.05, 0) is 69.2 Å². The van der Waals surface area contributed by atoms with Crippen LogP contribution in [-0.4, -0.2) is 53.6 Å². The summed E-state index contributed by atoms with van der Waals surface area (Å²) < 4.78 is 0. The Kier molecular flexibility index (Phi) is 4.53. The monoisotopic (exact) mass is 328 g/mol. The lowest BCUT2D eigenvalue weighted by Crippen LogP contribution is -2.51. The van der Waals surface area contributed by atoms with Crippen LogP contribution in [0.4, 0.5) is 5.82 Å². The molecule has 0 unspecified atom stereocenters. The zero-order chi connectivity index (χ0) is 16.4. The number of aldehydes is 1. The van der Waals surface area contributed by atoms with Gasteiger partial charge in [-0.1, -0.05) is 6.42 Å². The van der Waals surface area contributed by atoms with Crippen molar-refractivity contribution >= 4 is 12.1 Å². The number of carbonyl (C=O) groups excluding carboxylic acids is 1. The fourth-order valence-electron chi connectivity index (χ4n) is 4.54. The van der Waals surface area contributed by atoms with E-state index in [9.17, 15) is 4.79 Å². The minimum Gasteiger partial charge on any atom is -0.355 e. The van der Waals surface area contributed by atoms with Crippen molar-refractivity contribution in [1.29, 1.82) is 0 Å². The lowest BCUT2D eigenvalue weighted by molar-refractivity contribution is -0.107. The lowest BCUT2D eigenvalue weighted by atomic mass is 9.70. The van der Waals surface area contributed by atoms with E-state index in [2.05, 4.69) is 20.0 Å². The molecule has 0 aromatic carbocycles. The Morgan fingerprint density at radius 2 is 1.75 bits per heavy atom. The van der Waals surface area contributed by atoms with Crippen LogP contribution in [0.25, 0.3) is 0 Å². The molecule has 3 fully saturated rings. The molecule has 0 atom stereocenters. The second-order valence-electron chi connectivity index (χ2n) is 7.86. The van der Waals surface area contributed by atoms with Crippen molar-refractivity contribution in [3.8, 4) is 0 Å². The molecule has 0 amide bonds. The molecule has 0 radical (unpaired) electrons. The van der Waals surface area contributed by atoms with E-state index in [1.807, 2.05) is 12.1 Å². The first-order valence-corrected chi connectivity index (χ1v) is 9.53. The minimum atomic E-state index is 0.355. The zero-order valence-corrected chi connectivity index (χ0v) is 14.5. The van der Waals surface area contributed by atoms with Gasteiger partial charge in [0.25, 0.3) is 0 Å². The average Bonchev–Trinajstić information content (AvgIpc) is 2.58. The van der Waals surface area contributed by atoms with E-state index in [0.29, 0.717) is 11.8 Å². The van der Waals surface area contributed by atoms with Crippen LogP contribution in [0.15, 0.2) is 12.1 Å². The second kappa shape index (κ2) is 6.79. The highest BCUT2D eigenvalue weighted by Gasteiger charge is 2.39. The van der Waals surface area contributed by atoms with Gasteiger partial charge in [-0.3, -0.25) is 0 Å². The highest BCUT2D eigenvalue weighted by Crippen LogP contribution is 2.43. The van der Waals surface area contributed by atoms with E-state index >= 15 is 0 Å². The van der Waals surface area contributed by atoms with E-state index < -0.39 is 0 Å². The first kappa shape index (κ1) is 16.0. The molecule has 4 rings (SSSR count). The number of likely N-dealkylation sites (tertiary alicyclic amines) is 1. The first-order valence-electron chi connectivity index (χ1n) is 9.53. The molecule has 1 aliphatic carbocycles. The van der Waals surface area contributed by atoms with Crippen molar-refractivity contribution in [1.82, 2.24) is 15.1 Å². The maximum absolute atomic E-state index is 10.5. The zero-order valence-electron chi connectivity index (χ0n) is 14.5. The average molecular weight is 328 g/mol. The van der Waals surface area contributed by atoms with Gasteiger partial charge in [0.1, 0.15) is 6.29 Å². The molecule has 3 heterocycles. The molecular formula is C19H28N4O. The van der Waals surface area contributed by atoms with E-state index in [1.54, 1.807) is 0 Å². The third-order valence-electron chi connectivity index (χ3n) is 6.60. The number of piperidine rings is 2. The number of carbonyl (C=O) groups is 1. The van der Waals surface area contributed by atoms with Crippen LogP contribution >= 0.6 is 0 Å². The molecule has 1 aromatic heterocycles. The Morgan fingerprint density at radius 3 is 2.29 bits per heavy atom. The van der Waals surface area contributed by atoms with Crippen molar-refractivity contribution in [2.24, 2.45) is 5.41 Å². The highest BCUT2D eigenvalue weighted by molar-refractivity contribution is 5.53. The van der Waals surface area contributed by atoms with Crippen LogP contribution in [0.2, 0.25) is 0 Å². The van der Waals surface area contributed by atoms with Crippen molar-refractivity contribution in [3.63, 3.8) is 0 Å². The molecule has 0 N–H and O–H groups in total. The van der Waals surface area contributed by atoms with Crippen molar-refractivity contribution < 1.29 is 4.79 Å². The summed E-state index contributed by atoms with van der Waals surface area (Å²) in [5.41, 5.74) is 1.33. The minimum absolute atomic E-state index is 0.355. The standard InChI is InChI=1S/C19H28N4O/c24-15-6-16-4-5-18(21-20-16)23-13-9-19(10-14-23)7-11-22(12-8-19)17-2-1-3-17/h4-5,15,17H,1-3,6-14H2. The van der Waals surface area contributed by atoms with E-state index in [-0.39, 0.29) is 0 Å². The Hall–Kier alpha value is -1.49. The number of aromatic nitrogens is 2. The number of anilines is 1. The molecule has 2 aliphatic heterocycles. The molecule has 1 saturated carbocycles. The molecular weight excluding hydrogens is 300 g/mol. The maximum Gasteiger partial charge on any atom is 0.151 e. The van der Waals surface area contributed by atoms with Gasteiger partial charge in [0.05, 0.1) is 5.69 Å².